The van der Waals surface area contributed by atoms with Crippen LogP contribution in [-0.4, -0.2) is 25.0 Å². The van der Waals surface area contributed by atoms with E-state index in [0.717, 1.165) is 25.1 Å². The second-order valence-corrected chi connectivity index (χ2v) is 6.90. The van der Waals surface area contributed by atoms with Crippen molar-refractivity contribution >= 4 is 29.9 Å². The van der Waals surface area contributed by atoms with E-state index in [9.17, 15) is 4.79 Å². The zero-order chi connectivity index (χ0) is 17.6. The lowest BCUT2D eigenvalue weighted by molar-refractivity contribution is 0.0909. The molecule has 1 amide bonds. The van der Waals surface area contributed by atoms with Gasteiger partial charge in [0, 0.05) is 11.1 Å². The molecule has 0 aliphatic carbocycles. The maximum absolute atomic E-state index is 12.7. The first kappa shape index (κ1) is 20.6. The molecule has 140 valence electrons. The quantitative estimate of drug-likeness (QED) is 0.803. The molecule has 4 nitrogen and oxygen atoms in total. The Labute approximate surface area is 165 Å². The van der Waals surface area contributed by atoms with Gasteiger partial charge in [0.05, 0.1) is 5.56 Å². The monoisotopic (exact) mass is 394 g/mol. The van der Waals surface area contributed by atoms with E-state index in [4.69, 9.17) is 16.3 Å². The van der Waals surface area contributed by atoms with Crippen LogP contribution in [-0.2, 0) is 6.61 Å². The lowest BCUT2D eigenvalue weighted by Crippen LogP contribution is -2.48. The standard InChI is InChI=1S/C20H23ClN2O2.ClH/c1-14-12-22-11-10-18(14)23-20(24)17-4-2-3-5-19(17)25-13-15-6-8-16(21)9-7-15;/h2-9,14,18,22H,10-13H2,1H3,(H,23,24);1H. The molecule has 1 heterocycles. The van der Waals surface area contributed by atoms with Crippen molar-refractivity contribution in [3.05, 3.63) is 64.7 Å². The number of amides is 1. The van der Waals surface area contributed by atoms with Crippen molar-refractivity contribution in [1.29, 1.82) is 0 Å². The molecule has 0 saturated carbocycles. The molecule has 0 bridgehead atoms. The minimum absolute atomic E-state index is 0. The second kappa shape index (κ2) is 9.81. The Morgan fingerprint density at radius 1 is 1.23 bits per heavy atom. The van der Waals surface area contributed by atoms with Crippen LogP contribution >= 0.6 is 24.0 Å². The average Bonchev–Trinajstić information content (AvgIpc) is 2.63. The van der Waals surface area contributed by atoms with Crippen molar-refractivity contribution in [3.63, 3.8) is 0 Å². The fraction of sp³-hybridized carbons (Fsp3) is 0.350. The van der Waals surface area contributed by atoms with Gasteiger partial charge in [0.15, 0.2) is 0 Å². The van der Waals surface area contributed by atoms with E-state index >= 15 is 0 Å². The lowest BCUT2D eigenvalue weighted by Gasteiger charge is -2.30. The first-order chi connectivity index (χ1) is 12.1. The van der Waals surface area contributed by atoms with Gasteiger partial charge < -0.3 is 15.4 Å². The van der Waals surface area contributed by atoms with Gasteiger partial charge in [0.25, 0.3) is 5.91 Å². The van der Waals surface area contributed by atoms with Crippen molar-refractivity contribution in [2.24, 2.45) is 5.92 Å². The van der Waals surface area contributed by atoms with Crippen molar-refractivity contribution in [2.75, 3.05) is 13.1 Å². The Morgan fingerprint density at radius 2 is 1.96 bits per heavy atom. The van der Waals surface area contributed by atoms with Crippen LogP contribution < -0.4 is 15.4 Å². The van der Waals surface area contributed by atoms with Crippen molar-refractivity contribution < 1.29 is 9.53 Å². The summed E-state index contributed by atoms with van der Waals surface area (Å²) in [5.41, 5.74) is 1.58. The van der Waals surface area contributed by atoms with Crippen LogP contribution in [0.4, 0.5) is 0 Å². The van der Waals surface area contributed by atoms with Crippen LogP contribution in [0.3, 0.4) is 0 Å². The topological polar surface area (TPSA) is 50.4 Å². The highest BCUT2D eigenvalue weighted by molar-refractivity contribution is 6.30. The van der Waals surface area contributed by atoms with E-state index in [1.54, 1.807) is 6.07 Å². The minimum Gasteiger partial charge on any atom is -0.488 e. The second-order valence-electron chi connectivity index (χ2n) is 6.46. The van der Waals surface area contributed by atoms with Crippen LogP contribution in [0, 0.1) is 5.92 Å². The molecule has 2 aromatic rings. The van der Waals surface area contributed by atoms with Gasteiger partial charge in [-0.05, 0) is 55.3 Å². The molecule has 2 N–H and O–H groups in total. The zero-order valence-electron chi connectivity index (χ0n) is 14.7. The molecular weight excluding hydrogens is 371 g/mol. The molecule has 2 atom stereocenters. The molecule has 1 aliphatic heterocycles. The van der Waals surface area contributed by atoms with E-state index in [0.29, 0.717) is 28.9 Å². The minimum atomic E-state index is -0.0783. The van der Waals surface area contributed by atoms with Crippen LogP contribution in [0.1, 0.15) is 29.3 Å². The summed E-state index contributed by atoms with van der Waals surface area (Å²) >= 11 is 5.90. The zero-order valence-corrected chi connectivity index (χ0v) is 16.3. The number of nitrogens with one attached hydrogen (secondary N) is 2. The third-order valence-corrected chi connectivity index (χ3v) is 4.79. The molecule has 2 aromatic carbocycles. The van der Waals surface area contributed by atoms with E-state index in [1.165, 1.54) is 0 Å². The largest absolute Gasteiger partial charge is 0.488 e. The third-order valence-electron chi connectivity index (χ3n) is 4.54. The van der Waals surface area contributed by atoms with Crippen LogP contribution in [0.25, 0.3) is 0 Å². The van der Waals surface area contributed by atoms with E-state index in [-0.39, 0.29) is 24.4 Å². The average molecular weight is 395 g/mol. The first-order valence-corrected chi connectivity index (χ1v) is 8.99. The summed E-state index contributed by atoms with van der Waals surface area (Å²) in [5, 5.41) is 7.19. The highest BCUT2D eigenvalue weighted by Gasteiger charge is 2.24. The molecule has 2 unspecified atom stereocenters. The number of carbonyl (C=O) groups is 1. The highest BCUT2D eigenvalue weighted by Crippen LogP contribution is 2.21. The summed E-state index contributed by atoms with van der Waals surface area (Å²) in [6, 6.07) is 15.1. The highest BCUT2D eigenvalue weighted by atomic mass is 35.5. The molecule has 26 heavy (non-hydrogen) atoms. The summed E-state index contributed by atoms with van der Waals surface area (Å²) in [6.45, 7) is 4.41. The normalized spacial score (nSPS) is 19.3. The molecule has 1 fully saturated rings. The number of hydrogen-bond donors (Lipinski definition) is 2. The van der Waals surface area contributed by atoms with Gasteiger partial charge in [0.2, 0.25) is 0 Å². The maximum Gasteiger partial charge on any atom is 0.255 e. The Kier molecular flexibility index (Phi) is 7.76. The van der Waals surface area contributed by atoms with Crippen molar-refractivity contribution in [3.8, 4) is 5.75 Å². The predicted octanol–water partition coefficient (Wildman–Crippen LogP) is 4.07. The molecule has 1 saturated heterocycles. The molecule has 1 aliphatic rings. The van der Waals surface area contributed by atoms with Crippen molar-refractivity contribution in [1.82, 2.24) is 10.6 Å². The Morgan fingerprint density at radius 3 is 2.69 bits per heavy atom. The van der Waals surface area contributed by atoms with Crippen molar-refractivity contribution in [2.45, 2.75) is 26.0 Å². The number of halogens is 2. The fourth-order valence-electron chi connectivity index (χ4n) is 3.00. The number of rotatable bonds is 5. The maximum atomic E-state index is 12.7. The van der Waals surface area contributed by atoms with Gasteiger partial charge in [-0.1, -0.05) is 42.8 Å². The summed E-state index contributed by atoms with van der Waals surface area (Å²) in [5.74, 6) is 0.932. The molecule has 0 spiro atoms. The number of carbonyl (C=O) groups excluding carboxylic acids is 1. The summed E-state index contributed by atoms with van der Waals surface area (Å²) in [6.07, 6.45) is 0.945. The van der Waals surface area contributed by atoms with Gasteiger partial charge in [0.1, 0.15) is 12.4 Å². The van der Waals surface area contributed by atoms with E-state index in [2.05, 4.69) is 17.6 Å². The summed E-state index contributed by atoms with van der Waals surface area (Å²) in [4.78, 5) is 12.7. The Hall–Kier alpha value is -1.75. The Balaban J connectivity index is 0.00000243. The van der Waals surface area contributed by atoms with Gasteiger partial charge in [-0.25, -0.2) is 0 Å². The summed E-state index contributed by atoms with van der Waals surface area (Å²) in [7, 11) is 0. The number of piperidine rings is 1. The van der Waals surface area contributed by atoms with Crippen LogP contribution in [0.5, 0.6) is 5.75 Å². The van der Waals surface area contributed by atoms with Gasteiger partial charge >= 0.3 is 0 Å². The molecule has 6 heteroatoms. The molecule has 0 radical (unpaired) electrons. The first-order valence-electron chi connectivity index (χ1n) is 8.61. The summed E-state index contributed by atoms with van der Waals surface area (Å²) < 4.78 is 5.88. The lowest BCUT2D eigenvalue weighted by atomic mass is 9.95. The number of benzene rings is 2. The van der Waals surface area contributed by atoms with E-state index < -0.39 is 0 Å². The fourth-order valence-corrected chi connectivity index (χ4v) is 3.12. The van der Waals surface area contributed by atoms with Crippen LogP contribution in [0.15, 0.2) is 48.5 Å². The van der Waals surface area contributed by atoms with Gasteiger partial charge in [-0.15, -0.1) is 12.4 Å². The molecule has 0 aromatic heterocycles. The number of hydrogen-bond acceptors (Lipinski definition) is 3. The third kappa shape index (κ3) is 5.37. The molecular formula is C20H24Cl2N2O2. The number of ether oxygens (including phenoxy) is 1. The number of para-hydroxylation sites is 1. The SMILES string of the molecule is CC1CNCCC1NC(=O)c1ccccc1OCc1ccc(Cl)cc1.Cl. The van der Waals surface area contributed by atoms with Gasteiger partial charge in [-0.2, -0.15) is 0 Å². The molecule has 3 rings (SSSR count). The van der Waals surface area contributed by atoms with Gasteiger partial charge in [-0.3, -0.25) is 4.79 Å². The Bertz CT molecular complexity index is 722. The smallest absolute Gasteiger partial charge is 0.255 e. The van der Waals surface area contributed by atoms with E-state index in [1.807, 2.05) is 42.5 Å². The van der Waals surface area contributed by atoms with Crippen LogP contribution in [0.2, 0.25) is 5.02 Å². The predicted molar refractivity (Wildman–Crippen MR) is 107 cm³/mol.